The van der Waals surface area contributed by atoms with E-state index < -0.39 is 0 Å². The first-order chi connectivity index (χ1) is 7.38. The maximum atomic E-state index is 5.67. The van der Waals surface area contributed by atoms with Crippen LogP contribution in [0, 0.1) is 6.10 Å². The fourth-order valence-electron chi connectivity index (χ4n) is 1.25. The standard InChI is InChI=1S/C13H19O2/c1-3-10-15-13(11-14-4-2)12-8-6-5-7-9-12/h5-9H,3-4,10-11H2,1-2H3. The van der Waals surface area contributed by atoms with Gasteiger partial charge >= 0.3 is 0 Å². The zero-order valence-corrected chi connectivity index (χ0v) is 9.53. The molecule has 2 heteroatoms. The fraction of sp³-hybridized carbons (Fsp3) is 0.462. The average Bonchev–Trinajstić information content (AvgIpc) is 2.30. The average molecular weight is 207 g/mol. The molecule has 0 aliphatic carbocycles. The number of hydrogen-bond donors (Lipinski definition) is 0. The van der Waals surface area contributed by atoms with Gasteiger partial charge in [-0.3, -0.25) is 0 Å². The summed E-state index contributed by atoms with van der Waals surface area (Å²) in [5.41, 5.74) is 1.11. The van der Waals surface area contributed by atoms with Crippen LogP contribution in [0.5, 0.6) is 0 Å². The van der Waals surface area contributed by atoms with E-state index in [1.54, 1.807) is 0 Å². The lowest BCUT2D eigenvalue weighted by Crippen LogP contribution is -2.13. The third-order valence-electron chi connectivity index (χ3n) is 2.01. The lowest BCUT2D eigenvalue weighted by molar-refractivity contribution is 0.0695. The Hall–Kier alpha value is -0.860. The third kappa shape index (κ3) is 4.45. The molecule has 0 saturated carbocycles. The molecule has 0 spiro atoms. The van der Waals surface area contributed by atoms with Crippen molar-refractivity contribution < 1.29 is 9.47 Å². The molecule has 0 atom stereocenters. The van der Waals surface area contributed by atoms with Crippen molar-refractivity contribution in [2.45, 2.75) is 20.3 Å². The van der Waals surface area contributed by atoms with Crippen LogP contribution in [-0.2, 0) is 9.47 Å². The smallest absolute Gasteiger partial charge is 0.152 e. The van der Waals surface area contributed by atoms with E-state index in [9.17, 15) is 0 Å². The van der Waals surface area contributed by atoms with Crippen molar-refractivity contribution in [2.75, 3.05) is 19.8 Å². The first-order valence-corrected chi connectivity index (χ1v) is 5.50. The van der Waals surface area contributed by atoms with Gasteiger partial charge in [0.25, 0.3) is 0 Å². The topological polar surface area (TPSA) is 18.5 Å². The van der Waals surface area contributed by atoms with Crippen molar-refractivity contribution >= 4 is 0 Å². The second-order valence-electron chi connectivity index (χ2n) is 3.27. The highest BCUT2D eigenvalue weighted by Crippen LogP contribution is 2.16. The van der Waals surface area contributed by atoms with Crippen molar-refractivity contribution in [3.05, 3.63) is 42.0 Å². The summed E-state index contributed by atoms with van der Waals surface area (Å²) in [7, 11) is 0. The summed E-state index contributed by atoms with van der Waals surface area (Å²) in [6.45, 7) is 6.11. The Kier molecular flexibility index (Phi) is 6.05. The molecule has 0 aromatic heterocycles. The predicted molar refractivity (Wildman–Crippen MR) is 61.5 cm³/mol. The molecular weight excluding hydrogens is 188 g/mol. The van der Waals surface area contributed by atoms with E-state index in [-0.39, 0.29) is 0 Å². The maximum Gasteiger partial charge on any atom is 0.152 e. The van der Waals surface area contributed by atoms with E-state index in [0.29, 0.717) is 13.2 Å². The Labute approximate surface area is 92.2 Å². The molecule has 0 unspecified atom stereocenters. The number of benzene rings is 1. The van der Waals surface area contributed by atoms with Crippen LogP contribution in [0.1, 0.15) is 25.8 Å². The third-order valence-corrected chi connectivity index (χ3v) is 2.01. The molecule has 0 amide bonds. The molecule has 15 heavy (non-hydrogen) atoms. The van der Waals surface area contributed by atoms with Crippen LogP contribution in [0.25, 0.3) is 0 Å². The second-order valence-corrected chi connectivity index (χ2v) is 3.27. The summed E-state index contributed by atoms with van der Waals surface area (Å²) >= 11 is 0. The molecule has 0 saturated heterocycles. The fourth-order valence-corrected chi connectivity index (χ4v) is 1.25. The minimum atomic E-state index is 0.556. The monoisotopic (exact) mass is 207 g/mol. The van der Waals surface area contributed by atoms with E-state index >= 15 is 0 Å². The van der Waals surface area contributed by atoms with Gasteiger partial charge in [0.2, 0.25) is 0 Å². The quantitative estimate of drug-likeness (QED) is 0.684. The summed E-state index contributed by atoms with van der Waals surface area (Å²) in [4.78, 5) is 0. The van der Waals surface area contributed by atoms with Gasteiger partial charge in [-0.1, -0.05) is 37.3 Å². The van der Waals surface area contributed by atoms with Crippen molar-refractivity contribution in [1.29, 1.82) is 0 Å². The normalized spacial score (nSPS) is 10.9. The molecule has 0 heterocycles. The van der Waals surface area contributed by atoms with Crippen molar-refractivity contribution in [2.24, 2.45) is 0 Å². The number of hydrogen-bond acceptors (Lipinski definition) is 2. The molecule has 0 aliphatic heterocycles. The zero-order valence-electron chi connectivity index (χ0n) is 9.53. The zero-order chi connectivity index (χ0) is 10.9. The van der Waals surface area contributed by atoms with Crippen LogP contribution in [0.15, 0.2) is 30.3 Å². The Morgan fingerprint density at radius 1 is 1.13 bits per heavy atom. The van der Waals surface area contributed by atoms with Crippen molar-refractivity contribution in [3.63, 3.8) is 0 Å². The first kappa shape index (κ1) is 12.2. The molecular formula is C13H19O2. The summed E-state index contributed by atoms with van der Waals surface area (Å²) in [5.74, 6) is 0. The van der Waals surface area contributed by atoms with E-state index in [4.69, 9.17) is 9.47 Å². The van der Waals surface area contributed by atoms with Crippen LogP contribution in [0.3, 0.4) is 0 Å². The highest BCUT2D eigenvalue weighted by molar-refractivity contribution is 5.26. The molecule has 1 aromatic rings. The molecule has 83 valence electrons. The van der Waals surface area contributed by atoms with E-state index in [1.165, 1.54) is 0 Å². The van der Waals surface area contributed by atoms with E-state index in [0.717, 1.165) is 24.7 Å². The van der Waals surface area contributed by atoms with Gasteiger partial charge in [-0.05, 0) is 18.9 Å². The molecule has 0 fully saturated rings. The minimum Gasteiger partial charge on any atom is -0.378 e. The van der Waals surface area contributed by atoms with Crippen LogP contribution in [0.2, 0.25) is 0 Å². The van der Waals surface area contributed by atoms with Crippen molar-refractivity contribution in [1.82, 2.24) is 0 Å². The van der Waals surface area contributed by atoms with Gasteiger partial charge in [-0.15, -0.1) is 0 Å². The van der Waals surface area contributed by atoms with E-state index in [1.807, 2.05) is 37.3 Å². The summed E-state index contributed by atoms with van der Waals surface area (Å²) in [6, 6.07) is 10.1. The van der Waals surface area contributed by atoms with Gasteiger partial charge in [0.1, 0.15) is 0 Å². The summed E-state index contributed by atoms with van der Waals surface area (Å²) < 4.78 is 11.1. The van der Waals surface area contributed by atoms with Gasteiger partial charge in [0, 0.05) is 13.2 Å². The van der Waals surface area contributed by atoms with Gasteiger partial charge in [-0.25, -0.2) is 0 Å². The van der Waals surface area contributed by atoms with Crippen LogP contribution in [-0.4, -0.2) is 19.8 Å². The Morgan fingerprint density at radius 3 is 2.47 bits per heavy atom. The first-order valence-electron chi connectivity index (χ1n) is 5.50. The van der Waals surface area contributed by atoms with Crippen LogP contribution < -0.4 is 0 Å². The molecule has 1 rings (SSSR count). The molecule has 1 radical (unpaired) electrons. The largest absolute Gasteiger partial charge is 0.378 e. The lowest BCUT2D eigenvalue weighted by Gasteiger charge is -2.16. The highest BCUT2D eigenvalue weighted by Gasteiger charge is 2.12. The number of rotatable bonds is 7. The van der Waals surface area contributed by atoms with Gasteiger partial charge in [0.15, 0.2) is 6.10 Å². The van der Waals surface area contributed by atoms with Crippen LogP contribution in [0.4, 0.5) is 0 Å². The van der Waals surface area contributed by atoms with E-state index in [2.05, 4.69) is 6.92 Å². The SMILES string of the molecule is CCCO[C](COCC)c1ccccc1. The highest BCUT2D eigenvalue weighted by atomic mass is 16.5. The maximum absolute atomic E-state index is 5.67. The Balaban J connectivity index is 2.55. The lowest BCUT2D eigenvalue weighted by atomic mass is 10.1. The molecule has 0 N–H and O–H groups in total. The molecule has 0 aliphatic rings. The van der Waals surface area contributed by atoms with Gasteiger partial charge in [-0.2, -0.15) is 0 Å². The molecule has 2 nitrogen and oxygen atoms in total. The Bertz CT molecular complexity index is 238. The summed E-state index contributed by atoms with van der Waals surface area (Å²) in [6.07, 6.45) is 1.95. The van der Waals surface area contributed by atoms with Gasteiger partial charge in [0.05, 0.1) is 6.61 Å². The molecule has 1 aromatic carbocycles. The Morgan fingerprint density at radius 2 is 1.87 bits per heavy atom. The number of ether oxygens (including phenoxy) is 2. The van der Waals surface area contributed by atoms with Crippen molar-refractivity contribution in [3.8, 4) is 0 Å². The second kappa shape index (κ2) is 7.43. The summed E-state index contributed by atoms with van der Waals surface area (Å²) in [5, 5.41) is 0. The minimum absolute atomic E-state index is 0.556. The molecule has 0 bridgehead atoms. The predicted octanol–water partition coefficient (Wildman–Crippen LogP) is 3.03. The van der Waals surface area contributed by atoms with Crippen LogP contribution >= 0.6 is 0 Å². The van der Waals surface area contributed by atoms with Gasteiger partial charge < -0.3 is 9.47 Å².